The second-order valence-corrected chi connectivity index (χ2v) is 7.63. The first-order chi connectivity index (χ1) is 14.1. The first-order valence-corrected chi connectivity index (χ1v) is 10.3. The molecule has 0 atom stereocenters. The minimum atomic E-state index is 0.648. The van der Waals surface area contributed by atoms with Crippen molar-refractivity contribution in [2.45, 2.75) is 39.8 Å². The molecule has 0 bridgehead atoms. The molecule has 1 aromatic heterocycles. The monoisotopic (exact) mass is 399 g/mol. The fourth-order valence-corrected chi connectivity index (χ4v) is 3.58. The number of piperidine rings is 1. The Kier molecular flexibility index (Phi) is 7.52. The number of nitrogens with zero attached hydrogens (tertiary/aromatic N) is 3. The minimum Gasteiger partial charge on any atom is -0.497 e. The summed E-state index contributed by atoms with van der Waals surface area (Å²) in [7, 11) is 3.50. The topological polar surface area (TPSA) is 74.9 Å². The van der Waals surface area contributed by atoms with E-state index in [0.717, 1.165) is 60.8 Å². The lowest BCUT2D eigenvalue weighted by Crippen LogP contribution is -2.42. The van der Waals surface area contributed by atoms with Gasteiger partial charge in [-0.25, -0.2) is 4.98 Å². The number of nitrogens with one attached hydrogen (secondary N) is 2. The number of guanidine groups is 1. The van der Waals surface area contributed by atoms with Gasteiger partial charge in [-0.1, -0.05) is 12.1 Å². The van der Waals surface area contributed by atoms with Gasteiger partial charge in [0, 0.05) is 20.1 Å². The predicted molar refractivity (Wildman–Crippen MR) is 115 cm³/mol. The van der Waals surface area contributed by atoms with Crippen molar-refractivity contribution in [2.75, 3.05) is 33.8 Å². The van der Waals surface area contributed by atoms with Gasteiger partial charge in [0.25, 0.3) is 0 Å². The molecule has 7 heteroatoms. The molecule has 0 unspecified atom stereocenters. The standard InChI is InChI=1S/C22H33N5O2/c1-16-17(2)29-21(26-16)15-27-10-8-18(9-11-27)13-24-22(23-3)25-14-19-6-5-7-20(12-19)28-4/h5-7,12,18H,8-11,13-15H2,1-4H3,(H2,23,24,25). The molecule has 2 N–H and O–H groups in total. The second-order valence-electron chi connectivity index (χ2n) is 7.63. The van der Waals surface area contributed by atoms with Crippen molar-refractivity contribution in [3.8, 4) is 5.75 Å². The van der Waals surface area contributed by atoms with E-state index in [2.05, 4.69) is 31.6 Å². The van der Waals surface area contributed by atoms with Gasteiger partial charge in [-0.3, -0.25) is 9.89 Å². The number of rotatable bonds is 7. The van der Waals surface area contributed by atoms with Gasteiger partial charge in [-0.05, 0) is 63.4 Å². The van der Waals surface area contributed by atoms with E-state index in [1.54, 1.807) is 7.11 Å². The van der Waals surface area contributed by atoms with Crippen molar-refractivity contribution in [3.05, 3.63) is 47.2 Å². The molecule has 1 aromatic carbocycles. The van der Waals surface area contributed by atoms with Crippen LogP contribution in [-0.2, 0) is 13.1 Å². The molecule has 158 valence electrons. The number of ether oxygens (including phenoxy) is 1. The molecule has 2 aromatic rings. The number of oxazole rings is 1. The molecule has 0 spiro atoms. The van der Waals surface area contributed by atoms with Crippen LogP contribution in [0, 0.1) is 19.8 Å². The molecule has 0 saturated carbocycles. The Bertz CT molecular complexity index is 790. The fraction of sp³-hybridized carbons (Fsp3) is 0.545. The van der Waals surface area contributed by atoms with Crippen LogP contribution in [0.15, 0.2) is 33.7 Å². The average molecular weight is 400 g/mol. The summed E-state index contributed by atoms with van der Waals surface area (Å²) in [5.74, 6) is 4.11. The van der Waals surface area contributed by atoms with Crippen LogP contribution < -0.4 is 15.4 Å². The van der Waals surface area contributed by atoms with E-state index in [9.17, 15) is 0 Å². The van der Waals surface area contributed by atoms with Crippen molar-refractivity contribution < 1.29 is 9.15 Å². The maximum atomic E-state index is 5.72. The van der Waals surface area contributed by atoms with Gasteiger partial charge in [0.15, 0.2) is 5.96 Å². The number of methoxy groups -OCH3 is 1. The van der Waals surface area contributed by atoms with Gasteiger partial charge >= 0.3 is 0 Å². The fourth-order valence-electron chi connectivity index (χ4n) is 3.58. The Hall–Kier alpha value is -2.54. The van der Waals surface area contributed by atoms with Gasteiger partial charge in [0.1, 0.15) is 11.5 Å². The van der Waals surface area contributed by atoms with Crippen LogP contribution in [0.5, 0.6) is 5.75 Å². The van der Waals surface area contributed by atoms with Gasteiger partial charge in [-0.15, -0.1) is 0 Å². The lowest BCUT2D eigenvalue weighted by molar-refractivity contribution is 0.164. The van der Waals surface area contributed by atoms with Gasteiger partial charge in [0.05, 0.1) is 19.3 Å². The highest BCUT2D eigenvalue weighted by Gasteiger charge is 2.21. The summed E-state index contributed by atoms with van der Waals surface area (Å²) in [6.07, 6.45) is 2.33. The lowest BCUT2D eigenvalue weighted by Gasteiger charge is -2.31. The van der Waals surface area contributed by atoms with Crippen LogP contribution >= 0.6 is 0 Å². The van der Waals surface area contributed by atoms with Crippen LogP contribution in [0.1, 0.15) is 35.7 Å². The molecule has 7 nitrogen and oxygen atoms in total. The van der Waals surface area contributed by atoms with Crippen LogP contribution in [0.25, 0.3) is 0 Å². The van der Waals surface area contributed by atoms with Crippen LogP contribution in [-0.4, -0.2) is 49.6 Å². The van der Waals surface area contributed by atoms with Gasteiger partial charge in [0.2, 0.25) is 5.89 Å². The molecule has 1 aliphatic heterocycles. The molecule has 0 amide bonds. The van der Waals surface area contributed by atoms with Crippen molar-refractivity contribution >= 4 is 5.96 Å². The van der Waals surface area contributed by atoms with Crippen LogP contribution in [0.2, 0.25) is 0 Å². The summed E-state index contributed by atoms with van der Waals surface area (Å²) in [6.45, 7) is 8.56. The number of benzene rings is 1. The molecular formula is C22H33N5O2. The Morgan fingerprint density at radius 2 is 2.07 bits per heavy atom. The molecule has 0 aliphatic carbocycles. The van der Waals surface area contributed by atoms with Crippen molar-refractivity contribution in [3.63, 3.8) is 0 Å². The molecule has 1 aliphatic rings. The zero-order valence-electron chi connectivity index (χ0n) is 18.0. The first-order valence-electron chi connectivity index (χ1n) is 10.3. The zero-order valence-corrected chi connectivity index (χ0v) is 18.0. The Balaban J connectivity index is 1.38. The summed E-state index contributed by atoms with van der Waals surface area (Å²) < 4.78 is 11.0. The third-order valence-electron chi connectivity index (χ3n) is 5.51. The molecular weight excluding hydrogens is 366 g/mol. The molecule has 1 fully saturated rings. The van der Waals surface area contributed by atoms with Gasteiger partial charge in [-0.2, -0.15) is 0 Å². The average Bonchev–Trinajstić information content (AvgIpc) is 3.06. The predicted octanol–water partition coefficient (Wildman–Crippen LogP) is 2.88. The van der Waals surface area contributed by atoms with Crippen molar-refractivity contribution in [1.82, 2.24) is 20.5 Å². The third kappa shape index (κ3) is 6.22. The highest BCUT2D eigenvalue weighted by Crippen LogP contribution is 2.19. The maximum Gasteiger partial charge on any atom is 0.208 e. The van der Waals surface area contributed by atoms with E-state index >= 15 is 0 Å². The lowest BCUT2D eigenvalue weighted by atomic mass is 9.97. The van der Waals surface area contributed by atoms with E-state index < -0.39 is 0 Å². The summed E-state index contributed by atoms with van der Waals surface area (Å²) in [6, 6.07) is 8.07. The van der Waals surface area contributed by atoms with Gasteiger partial charge < -0.3 is 19.8 Å². The Morgan fingerprint density at radius 1 is 1.28 bits per heavy atom. The third-order valence-corrected chi connectivity index (χ3v) is 5.51. The summed E-state index contributed by atoms with van der Waals surface area (Å²) >= 11 is 0. The Labute approximate surface area is 173 Å². The summed E-state index contributed by atoms with van der Waals surface area (Å²) in [5, 5.41) is 6.85. The minimum absolute atomic E-state index is 0.648. The van der Waals surface area contributed by atoms with E-state index in [0.29, 0.717) is 12.5 Å². The normalized spacial score (nSPS) is 16.1. The molecule has 0 radical (unpaired) electrons. The van der Waals surface area contributed by atoms with Crippen LogP contribution in [0.4, 0.5) is 0 Å². The number of aromatic nitrogens is 1. The van der Waals surface area contributed by atoms with Crippen LogP contribution in [0.3, 0.4) is 0 Å². The summed E-state index contributed by atoms with van der Waals surface area (Å²) in [4.78, 5) is 11.3. The molecule has 29 heavy (non-hydrogen) atoms. The first kappa shape index (κ1) is 21.2. The number of hydrogen-bond donors (Lipinski definition) is 2. The number of aliphatic imine (C=N–C) groups is 1. The van der Waals surface area contributed by atoms with Crippen molar-refractivity contribution in [2.24, 2.45) is 10.9 Å². The number of likely N-dealkylation sites (tertiary alicyclic amines) is 1. The van der Waals surface area contributed by atoms with E-state index in [1.807, 2.05) is 39.1 Å². The quantitative estimate of drug-likeness (QED) is 0.551. The number of hydrogen-bond acceptors (Lipinski definition) is 5. The molecule has 3 rings (SSSR count). The Morgan fingerprint density at radius 3 is 2.72 bits per heavy atom. The van der Waals surface area contributed by atoms with Crippen molar-refractivity contribution in [1.29, 1.82) is 0 Å². The number of aryl methyl sites for hydroxylation is 2. The molecule has 1 saturated heterocycles. The highest BCUT2D eigenvalue weighted by atomic mass is 16.5. The SMILES string of the molecule is CN=C(NCc1cccc(OC)c1)NCC1CCN(Cc2nc(C)c(C)o2)CC1. The zero-order chi connectivity index (χ0) is 20.6. The largest absolute Gasteiger partial charge is 0.497 e. The molecule has 2 heterocycles. The van der Waals surface area contributed by atoms with E-state index in [1.165, 1.54) is 12.8 Å². The highest BCUT2D eigenvalue weighted by molar-refractivity contribution is 5.79. The summed E-state index contributed by atoms with van der Waals surface area (Å²) in [5.41, 5.74) is 2.16. The second kappa shape index (κ2) is 10.3. The van der Waals surface area contributed by atoms with E-state index in [-0.39, 0.29) is 0 Å². The van der Waals surface area contributed by atoms with E-state index in [4.69, 9.17) is 9.15 Å². The smallest absolute Gasteiger partial charge is 0.208 e. The maximum absolute atomic E-state index is 5.72.